The van der Waals surface area contributed by atoms with Crippen molar-refractivity contribution in [3.8, 4) is 0 Å². The Kier molecular flexibility index (Phi) is 5.35. The van der Waals surface area contributed by atoms with E-state index in [1.54, 1.807) is 35.0 Å². The molecule has 176 valence electrons. The van der Waals surface area contributed by atoms with E-state index in [0.29, 0.717) is 27.8 Å². The second kappa shape index (κ2) is 8.12. The van der Waals surface area contributed by atoms with E-state index < -0.39 is 11.7 Å². The first-order chi connectivity index (χ1) is 16.1. The van der Waals surface area contributed by atoms with Crippen LogP contribution < -0.4 is 5.73 Å². The third-order valence-corrected chi connectivity index (χ3v) is 6.60. The van der Waals surface area contributed by atoms with Crippen molar-refractivity contribution in [2.45, 2.75) is 38.0 Å². The average Bonchev–Trinajstić information content (AvgIpc) is 3.13. The zero-order valence-electron chi connectivity index (χ0n) is 18.1. The molecule has 7 nitrogen and oxygen atoms in total. The third kappa shape index (κ3) is 3.81. The van der Waals surface area contributed by atoms with E-state index in [4.69, 9.17) is 17.3 Å². The topological polar surface area (TPSA) is 89.9 Å². The number of hydrogen-bond acceptors (Lipinski definition) is 5. The van der Waals surface area contributed by atoms with Gasteiger partial charge in [-0.1, -0.05) is 11.6 Å². The molecule has 34 heavy (non-hydrogen) atoms. The van der Waals surface area contributed by atoms with Crippen LogP contribution in [-0.4, -0.2) is 36.6 Å². The Balaban J connectivity index is 1.54. The first-order valence-corrected chi connectivity index (χ1v) is 11.0. The smallest absolute Gasteiger partial charge is 0.383 e. The van der Waals surface area contributed by atoms with Crippen LogP contribution in [0, 0.1) is 0 Å². The minimum Gasteiger partial charge on any atom is -0.383 e. The van der Waals surface area contributed by atoms with Gasteiger partial charge in [0.05, 0.1) is 51.0 Å². The van der Waals surface area contributed by atoms with Gasteiger partial charge in [-0.3, -0.25) is 14.5 Å². The Morgan fingerprint density at radius 3 is 2.62 bits per heavy atom. The summed E-state index contributed by atoms with van der Waals surface area (Å²) in [5, 5.41) is 5.81. The highest BCUT2D eigenvalue weighted by atomic mass is 35.5. The molecular formula is C23H20ClF3N6O. The van der Waals surface area contributed by atoms with Crippen LogP contribution in [0.25, 0.3) is 21.8 Å². The summed E-state index contributed by atoms with van der Waals surface area (Å²) < 4.78 is 40.4. The molecule has 1 aliphatic rings. The lowest BCUT2D eigenvalue weighted by atomic mass is 9.90. The maximum atomic E-state index is 13.7. The number of carbonyl (C=O) groups excluding carboxylic acids is 1. The highest BCUT2D eigenvalue weighted by molar-refractivity contribution is 6.35. The van der Waals surface area contributed by atoms with E-state index in [9.17, 15) is 18.0 Å². The van der Waals surface area contributed by atoms with Crippen LogP contribution >= 0.6 is 11.6 Å². The summed E-state index contributed by atoms with van der Waals surface area (Å²) in [6, 6.07) is 5.52. The summed E-state index contributed by atoms with van der Waals surface area (Å²) >= 11 is 6.51. The van der Waals surface area contributed by atoms with E-state index in [1.165, 1.54) is 6.07 Å². The van der Waals surface area contributed by atoms with Gasteiger partial charge >= 0.3 is 6.18 Å². The van der Waals surface area contributed by atoms with Gasteiger partial charge in [0, 0.05) is 24.7 Å². The van der Waals surface area contributed by atoms with Gasteiger partial charge < -0.3 is 10.6 Å². The van der Waals surface area contributed by atoms with E-state index in [2.05, 4.69) is 15.1 Å². The Bertz CT molecular complexity index is 1410. The van der Waals surface area contributed by atoms with Crippen LogP contribution in [0.15, 0.2) is 36.7 Å². The van der Waals surface area contributed by atoms with Gasteiger partial charge in [-0.05, 0) is 43.5 Å². The van der Waals surface area contributed by atoms with E-state index >= 15 is 0 Å². The van der Waals surface area contributed by atoms with Crippen molar-refractivity contribution in [2.24, 2.45) is 7.05 Å². The number of nitrogen functional groups attached to an aromatic ring is 1. The molecule has 3 aromatic heterocycles. The second-order valence-corrected chi connectivity index (χ2v) is 8.84. The molecule has 0 radical (unpaired) electrons. The van der Waals surface area contributed by atoms with Crippen LogP contribution in [-0.2, 0) is 19.8 Å². The first kappa shape index (κ1) is 22.4. The summed E-state index contributed by atoms with van der Waals surface area (Å²) in [7, 11) is 1.77. The quantitative estimate of drug-likeness (QED) is 0.438. The normalized spacial score (nSPS) is 14.5. The molecule has 0 bridgehead atoms. The van der Waals surface area contributed by atoms with Crippen molar-refractivity contribution in [1.82, 2.24) is 24.6 Å². The number of nitrogens with zero attached hydrogens (tertiary/aromatic N) is 5. The molecule has 11 heteroatoms. The van der Waals surface area contributed by atoms with Gasteiger partial charge in [-0.2, -0.15) is 18.3 Å². The number of carbonyl (C=O) groups is 1. The molecule has 1 fully saturated rings. The Hall–Kier alpha value is -3.40. The molecule has 4 aromatic rings. The Morgan fingerprint density at radius 2 is 2.00 bits per heavy atom. The van der Waals surface area contributed by atoms with Crippen LogP contribution in [0.4, 0.5) is 19.0 Å². The molecule has 2 N–H and O–H groups in total. The standard InChI is InChI=1S/C23H20ClF3N6O/c1-32-20-16-7-15(18(24)8-19(16)31-21(28)17(20)10-30-32)22(34)33(14-3-2-4-14)11-13-6-5-12(9-29-13)23(25,26)27/h5-10,14H,2-4,11H2,1H3,(H2,28,31). The number of nitrogens with two attached hydrogens (primary N) is 1. The van der Waals surface area contributed by atoms with E-state index in [0.717, 1.165) is 37.0 Å². The van der Waals surface area contributed by atoms with Crippen LogP contribution in [0.2, 0.25) is 5.02 Å². The van der Waals surface area contributed by atoms with Crippen LogP contribution in [0.5, 0.6) is 0 Å². The molecule has 0 aliphatic heterocycles. The van der Waals surface area contributed by atoms with Crippen molar-refractivity contribution in [3.05, 3.63) is 58.5 Å². The molecule has 0 unspecified atom stereocenters. The number of rotatable bonds is 4. The average molecular weight is 489 g/mol. The second-order valence-electron chi connectivity index (χ2n) is 8.43. The van der Waals surface area contributed by atoms with Crippen molar-refractivity contribution in [1.29, 1.82) is 0 Å². The van der Waals surface area contributed by atoms with Crippen molar-refractivity contribution in [2.75, 3.05) is 5.73 Å². The molecule has 1 amide bonds. The van der Waals surface area contributed by atoms with Gasteiger partial charge in [0.1, 0.15) is 5.82 Å². The summed E-state index contributed by atoms with van der Waals surface area (Å²) in [4.78, 5) is 23.6. The van der Waals surface area contributed by atoms with Crippen molar-refractivity contribution >= 4 is 45.1 Å². The molecule has 0 saturated heterocycles. The number of halogens is 4. The number of anilines is 1. The minimum atomic E-state index is -4.47. The number of aryl methyl sites for hydroxylation is 1. The lowest BCUT2D eigenvalue weighted by Crippen LogP contribution is -2.44. The van der Waals surface area contributed by atoms with Crippen molar-refractivity contribution < 1.29 is 18.0 Å². The number of amides is 1. The maximum Gasteiger partial charge on any atom is 0.417 e. The third-order valence-electron chi connectivity index (χ3n) is 6.29. The highest BCUT2D eigenvalue weighted by Gasteiger charge is 2.33. The predicted octanol–water partition coefficient (Wildman–Crippen LogP) is 4.97. The molecule has 3 heterocycles. The number of aromatic nitrogens is 4. The van der Waals surface area contributed by atoms with Gasteiger partial charge in [-0.25, -0.2) is 4.98 Å². The fourth-order valence-corrected chi connectivity index (χ4v) is 4.46. The Labute approximate surface area is 197 Å². The summed E-state index contributed by atoms with van der Waals surface area (Å²) in [5.74, 6) is 0.000608. The zero-order valence-corrected chi connectivity index (χ0v) is 18.9. The van der Waals surface area contributed by atoms with E-state index in [-0.39, 0.29) is 29.1 Å². The van der Waals surface area contributed by atoms with Crippen LogP contribution in [0.3, 0.4) is 0 Å². The summed E-state index contributed by atoms with van der Waals surface area (Å²) in [5.41, 5.74) is 7.14. The summed E-state index contributed by atoms with van der Waals surface area (Å²) in [6.07, 6.45) is 0.520. The van der Waals surface area contributed by atoms with Gasteiger partial charge in [-0.15, -0.1) is 0 Å². The number of hydrogen-bond donors (Lipinski definition) is 1. The molecule has 1 aromatic carbocycles. The molecule has 0 spiro atoms. The number of alkyl halides is 3. The molecule has 5 rings (SSSR count). The van der Waals surface area contributed by atoms with E-state index in [1.807, 2.05) is 0 Å². The predicted molar refractivity (Wildman–Crippen MR) is 122 cm³/mol. The number of fused-ring (bicyclic) bond motifs is 3. The zero-order chi connectivity index (χ0) is 24.2. The molecular weight excluding hydrogens is 469 g/mol. The minimum absolute atomic E-state index is 0.0374. The number of benzene rings is 1. The monoisotopic (exact) mass is 488 g/mol. The molecule has 0 atom stereocenters. The fourth-order valence-electron chi connectivity index (χ4n) is 4.22. The lowest BCUT2D eigenvalue weighted by Gasteiger charge is -2.37. The highest BCUT2D eigenvalue weighted by Crippen LogP contribution is 2.34. The molecule has 1 saturated carbocycles. The number of pyridine rings is 2. The fraction of sp³-hybridized carbons (Fsp3) is 0.304. The first-order valence-electron chi connectivity index (χ1n) is 10.7. The maximum absolute atomic E-state index is 13.7. The summed E-state index contributed by atoms with van der Waals surface area (Å²) in [6.45, 7) is 0.0805. The van der Waals surface area contributed by atoms with Gasteiger partial charge in [0.15, 0.2) is 0 Å². The molecule has 1 aliphatic carbocycles. The Morgan fingerprint density at radius 1 is 1.24 bits per heavy atom. The largest absolute Gasteiger partial charge is 0.417 e. The lowest BCUT2D eigenvalue weighted by molar-refractivity contribution is -0.137. The SMILES string of the molecule is Cn1ncc2c(N)nc3cc(Cl)c(C(=O)N(Cc4ccc(C(F)(F)F)cn4)C4CCC4)cc3c21. The van der Waals surface area contributed by atoms with Crippen molar-refractivity contribution in [3.63, 3.8) is 0 Å². The van der Waals surface area contributed by atoms with Gasteiger partial charge in [0.2, 0.25) is 0 Å². The van der Waals surface area contributed by atoms with Crippen LogP contribution in [0.1, 0.15) is 40.9 Å². The van der Waals surface area contributed by atoms with Gasteiger partial charge in [0.25, 0.3) is 5.91 Å².